The first-order valence-electron chi connectivity index (χ1n) is 6.96. The molecule has 0 bridgehead atoms. The second-order valence-corrected chi connectivity index (χ2v) is 6.23. The molecule has 4 heteroatoms. The summed E-state index contributed by atoms with van der Waals surface area (Å²) >= 11 is 1.88. The molecule has 0 radical (unpaired) electrons. The minimum atomic E-state index is -0.127. The van der Waals surface area contributed by atoms with Crippen molar-refractivity contribution >= 4 is 17.7 Å². The highest BCUT2D eigenvalue weighted by Gasteiger charge is 2.23. The molecule has 1 aliphatic carbocycles. The smallest absolute Gasteiger partial charge is 0.220 e. The lowest BCUT2D eigenvalue weighted by molar-refractivity contribution is -0.122. The zero-order valence-electron chi connectivity index (χ0n) is 11.2. The zero-order chi connectivity index (χ0) is 13.5. The Labute approximate surface area is 119 Å². The Hall–Kier alpha value is -1.00. The number of nitrogens with two attached hydrogens (primary N) is 1. The second-order valence-electron chi connectivity index (χ2n) is 5.07. The van der Waals surface area contributed by atoms with E-state index in [2.05, 4.69) is 29.6 Å². The van der Waals surface area contributed by atoms with Crippen molar-refractivity contribution in [1.82, 2.24) is 5.32 Å². The monoisotopic (exact) mass is 278 g/mol. The Balaban J connectivity index is 1.58. The molecule has 1 aromatic carbocycles. The highest BCUT2D eigenvalue weighted by atomic mass is 32.2. The Kier molecular flexibility index (Phi) is 5.73. The third-order valence-electron chi connectivity index (χ3n) is 3.68. The lowest BCUT2D eigenvalue weighted by Crippen LogP contribution is -2.37. The van der Waals surface area contributed by atoms with Gasteiger partial charge in [0, 0.05) is 29.2 Å². The van der Waals surface area contributed by atoms with E-state index in [1.165, 1.54) is 4.90 Å². The maximum absolute atomic E-state index is 11.1. The molecule has 3 N–H and O–H groups in total. The van der Waals surface area contributed by atoms with Crippen LogP contribution in [0.1, 0.15) is 25.7 Å². The minimum absolute atomic E-state index is 0.108. The van der Waals surface area contributed by atoms with Crippen LogP contribution in [0.25, 0.3) is 0 Å². The normalized spacial score (nSPS) is 23.2. The van der Waals surface area contributed by atoms with Crippen molar-refractivity contribution in [1.29, 1.82) is 0 Å². The number of primary amides is 1. The fourth-order valence-electron chi connectivity index (χ4n) is 2.53. The van der Waals surface area contributed by atoms with Gasteiger partial charge in [-0.3, -0.25) is 4.79 Å². The van der Waals surface area contributed by atoms with Crippen molar-refractivity contribution < 1.29 is 4.79 Å². The van der Waals surface area contributed by atoms with Crippen LogP contribution in [0.5, 0.6) is 0 Å². The third kappa shape index (κ3) is 4.88. The van der Waals surface area contributed by atoms with Gasteiger partial charge >= 0.3 is 0 Å². The first-order valence-corrected chi connectivity index (χ1v) is 7.95. The summed E-state index contributed by atoms with van der Waals surface area (Å²) in [6.45, 7) is 1.02. The Morgan fingerprint density at radius 1 is 1.21 bits per heavy atom. The third-order valence-corrected chi connectivity index (χ3v) is 4.69. The summed E-state index contributed by atoms with van der Waals surface area (Å²) in [5.74, 6) is 1.06. The van der Waals surface area contributed by atoms with Gasteiger partial charge in [0.15, 0.2) is 0 Å². The number of carbonyl (C=O) groups is 1. The van der Waals surface area contributed by atoms with Gasteiger partial charge in [-0.05, 0) is 37.8 Å². The molecule has 1 aliphatic rings. The number of thioether (sulfide) groups is 1. The van der Waals surface area contributed by atoms with Gasteiger partial charge < -0.3 is 11.1 Å². The summed E-state index contributed by atoms with van der Waals surface area (Å²) in [7, 11) is 0. The first-order chi connectivity index (χ1) is 9.25. The molecule has 0 spiro atoms. The average Bonchev–Trinajstić information content (AvgIpc) is 2.45. The van der Waals surface area contributed by atoms with Gasteiger partial charge in [-0.15, -0.1) is 11.8 Å². The van der Waals surface area contributed by atoms with Gasteiger partial charge in [-0.25, -0.2) is 0 Å². The molecular formula is C15H22N2OS. The van der Waals surface area contributed by atoms with Crippen LogP contribution in [0, 0.1) is 5.92 Å². The molecule has 3 nitrogen and oxygen atoms in total. The van der Waals surface area contributed by atoms with E-state index in [0.29, 0.717) is 6.04 Å². The van der Waals surface area contributed by atoms with Gasteiger partial charge in [0.1, 0.15) is 0 Å². The molecule has 104 valence electrons. The van der Waals surface area contributed by atoms with Crippen LogP contribution in [0.2, 0.25) is 0 Å². The predicted octanol–water partition coefficient (Wildman–Crippen LogP) is 2.41. The van der Waals surface area contributed by atoms with Crippen molar-refractivity contribution in [3.8, 4) is 0 Å². The highest BCUT2D eigenvalue weighted by molar-refractivity contribution is 7.99. The fourth-order valence-corrected chi connectivity index (χ4v) is 3.34. The van der Waals surface area contributed by atoms with Crippen LogP contribution in [0.4, 0.5) is 0 Å². The van der Waals surface area contributed by atoms with Gasteiger partial charge in [-0.1, -0.05) is 18.2 Å². The van der Waals surface area contributed by atoms with E-state index in [0.717, 1.165) is 38.0 Å². The maximum Gasteiger partial charge on any atom is 0.220 e. The number of benzene rings is 1. The summed E-state index contributed by atoms with van der Waals surface area (Å²) < 4.78 is 0. The molecule has 0 heterocycles. The summed E-state index contributed by atoms with van der Waals surface area (Å²) in [4.78, 5) is 12.4. The highest BCUT2D eigenvalue weighted by Crippen LogP contribution is 2.24. The molecule has 0 aliphatic heterocycles. The lowest BCUT2D eigenvalue weighted by atomic mass is 9.86. The van der Waals surface area contributed by atoms with E-state index in [9.17, 15) is 4.79 Å². The van der Waals surface area contributed by atoms with Crippen LogP contribution >= 0.6 is 11.8 Å². The largest absolute Gasteiger partial charge is 0.369 e. The molecular weight excluding hydrogens is 256 g/mol. The topological polar surface area (TPSA) is 55.1 Å². The van der Waals surface area contributed by atoms with Crippen molar-refractivity contribution in [2.45, 2.75) is 36.6 Å². The number of carbonyl (C=O) groups excluding carboxylic acids is 1. The fraction of sp³-hybridized carbons (Fsp3) is 0.533. The van der Waals surface area contributed by atoms with E-state index in [1.807, 2.05) is 17.8 Å². The molecule has 1 aromatic rings. The van der Waals surface area contributed by atoms with Crippen molar-refractivity contribution in [2.75, 3.05) is 12.3 Å². The predicted molar refractivity (Wildman–Crippen MR) is 80.1 cm³/mol. The van der Waals surface area contributed by atoms with Gasteiger partial charge in [0.05, 0.1) is 0 Å². The van der Waals surface area contributed by atoms with Gasteiger partial charge in [-0.2, -0.15) is 0 Å². The first kappa shape index (κ1) is 14.4. The van der Waals surface area contributed by atoms with Gasteiger partial charge in [0.2, 0.25) is 5.91 Å². The van der Waals surface area contributed by atoms with E-state index >= 15 is 0 Å². The van der Waals surface area contributed by atoms with E-state index in [4.69, 9.17) is 5.73 Å². The summed E-state index contributed by atoms with van der Waals surface area (Å²) in [6.07, 6.45) is 4.03. The van der Waals surface area contributed by atoms with E-state index in [1.54, 1.807) is 0 Å². The molecule has 0 atom stereocenters. The lowest BCUT2D eigenvalue weighted by Gasteiger charge is -2.27. The Morgan fingerprint density at radius 3 is 2.53 bits per heavy atom. The molecule has 0 aromatic heterocycles. The average molecular weight is 278 g/mol. The van der Waals surface area contributed by atoms with Crippen molar-refractivity contribution in [3.05, 3.63) is 30.3 Å². The van der Waals surface area contributed by atoms with Crippen LogP contribution in [-0.4, -0.2) is 24.2 Å². The van der Waals surface area contributed by atoms with Gasteiger partial charge in [0.25, 0.3) is 0 Å². The molecule has 1 amide bonds. The van der Waals surface area contributed by atoms with Crippen LogP contribution in [-0.2, 0) is 4.79 Å². The minimum Gasteiger partial charge on any atom is -0.369 e. The van der Waals surface area contributed by atoms with E-state index in [-0.39, 0.29) is 11.8 Å². The van der Waals surface area contributed by atoms with Crippen LogP contribution < -0.4 is 11.1 Å². The van der Waals surface area contributed by atoms with Crippen LogP contribution in [0.3, 0.4) is 0 Å². The Bertz CT molecular complexity index is 388. The summed E-state index contributed by atoms with van der Waals surface area (Å²) in [6, 6.07) is 11.0. The van der Waals surface area contributed by atoms with Crippen LogP contribution in [0.15, 0.2) is 35.2 Å². The maximum atomic E-state index is 11.1. The number of nitrogens with one attached hydrogen (secondary N) is 1. The molecule has 0 saturated heterocycles. The van der Waals surface area contributed by atoms with E-state index < -0.39 is 0 Å². The quantitative estimate of drug-likeness (QED) is 0.620. The molecule has 0 unspecified atom stereocenters. The summed E-state index contributed by atoms with van der Waals surface area (Å²) in [5, 5.41) is 3.58. The molecule has 2 rings (SSSR count). The molecule has 1 fully saturated rings. The van der Waals surface area contributed by atoms with Crippen molar-refractivity contribution in [3.63, 3.8) is 0 Å². The zero-order valence-corrected chi connectivity index (χ0v) is 12.0. The molecule has 19 heavy (non-hydrogen) atoms. The number of hydrogen-bond donors (Lipinski definition) is 2. The second kappa shape index (κ2) is 7.56. The SMILES string of the molecule is NC(=O)C1CCC(NCCSc2ccccc2)CC1. The van der Waals surface area contributed by atoms with Crippen molar-refractivity contribution in [2.24, 2.45) is 11.7 Å². The summed E-state index contributed by atoms with van der Waals surface area (Å²) in [5.41, 5.74) is 5.34. The molecule has 1 saturated carbocycles. The standard InChI is InChI=1S/C15H22N2OS/c16-15(18)12-6-8-13(9-7-12)17-10-11-19-14-4-2-1-3-5-14/h1-5,12-13,17H,6-11H2,(H2,16,18). The number of hydrogen-bond acceptors (Lipinski definition) is 3. The number of rotatable bonds is 6. The Morgan fingerprint density at radius 2 is 1.89 bits per heavy atom. The number of amides is 1.